The molecule has 3 heterocycles. The first-order chi connectivity index (χ1) is 16.7. The Kier molecular flexibility index (Phi) is 6.86. The number of halogens is 1. The molecule has 0 aliphatic carbocycles. The number of ketones is 1. The highest BCUT2D eigenvalue weighted by Gasteiger charge is 2.29. The van der Waals surface area contributed by atoms with Gasteiger partial charge in [-0.15, -0.1) is 0 Å². The van der Waals surface area contributed by atoms with Gasteiger partial charge in [0, 0.05) is 46.5 Å². The molecular weight excluding hydrogens is 451 g/mol. The maximum absolute atomic E-state index is 13.4. The molecule has 0 saturated carbocycles. The van der Waals surface area contributed by atoms with Crippen molar-refractivity contribution in [1.82, 2.24) is 19.4 Å². The Morgan fingerprint density at radius 2 is 1.80 bits per heavy atom. The minimum Gasteiger partial charge on any atom is -0.494 e. The average Bonchev–Trinajstić information content (AvgIpc) is 3.19. The van der Waals surface area contributed by atoms with Crippen molar-refractivity contribution in [2.24, 2.45) is 13.0 Å². The number of piperidine rings is 1. The number of likely N-dealkylation sites (tertiary alicyclic amines) is 1. The number of methoxy groups -OCH3 is 1. The number of aryl methyl sites for hydroxylation is 1. The van der Waals surface area contributed by atoms with Crippen LogP contribution < -0.4 is 4.74 Å². The zero-order valence-corrected chi connectivity index (χ0v) is 20.4. The summed E-state index contributed by atoms with van der Waals surface area (Å²) in [5.74, 6) is -1.15. The highest BCUT2D eigenvalue weighted by molar-refractivity contribution is 6.44. The van der Waals surface area contributed by atoms with Gasteiger partial charge in [0.2, 0.25) is 0 Å². The standard InChI is InChI=1S/C26H29FN4O4/c1-29(2)26(34)24(32)19-15-30(3)20-14-21(35-4)23(28-22(19)20)25(33)31-11-9-17(10-12-31)13-16-5-7-18(27)8-6-16/h5-8,14-15,17H,9-13H2,1-4H3. The van der Waals surface area contributed by atoms with Gasteiger partial charge in [-0.25, -0.2) is 9.37 Å². The van der Waals surface area contributed by atoms with Crippen molar-refractivity contribution in [2.45, 2.75) is 19.3 Å². The van der Waals surface area contributed by atoms with Crippen LogP contribution in [0.4, 0.5) is 4.39 Å². The van der Waals surface area contributed by atoms with Gasteiger partial charge in [-0.05, 0) is 42.9 Å². The third-order valence-electron chi connectivity index (χ3n) is 6.53. The van der Waals surface area contributed by atoms with E-state index in [-0.39, 0.29) is 23.0 Å². The Bertz CT molecular complexity index is 1270. The van der Waals surface area contributed by atoms with Gasteiger partial charge in [0.15, 0.2) is 11.4 Å². The number of pyridine rings is 1. The molecule has 0 spiro atoms. The molecule has 3 aromatic rings. The van der Waals surface area contributed by atoms with Crippen LogP contribution in [0.5, 0.6) is 5.75 Å². The van der Waals surface area contributed by atoms with Crippen molar-refractivity contribution < 1.29 is 23.5 Å². The van der Waals surface area contributed by atoms with Gasteiger partial charge in [0.25, 0.3) is 17.6 Å². The Hall–Kier alpha value is -3.75. The molecule has 0 atom stereocenters. The molecule has 1 aliphatic rings. The smallest absolute Gasteiger partial charge is 0.294 e. The van der Waals surface area contributed by atoms with Crippen molar-refractivity contribution in [1.29, 1.82) is 0 Å². The van der Waals surface area contributed by atoms with Crippen molar-refractivity contribution in [3.63, 3.8) is 0 Å². The molecule has 2 aromatic heterocycles. The second-order valence-electron chi connectivity index (χ2n) is 9.16. The SMILES string of the molecule is COc1cc2c(nc1C(=O)N1CCC(Cc3ccc(F)cc3)CC1)c(C(=O)C(=O)N(C)C)cn2C. The van der Waals surface area contributed by atoms with E-state index < -0.39 is 11.7 Å². The minimum atomic E-state index is -0.682. The number of carbonyl (C=O) groups excluding carboxylic acids is 3. The molecule has 1 saturated heterocycles. The Labute approximate surface area is 203 Å². The minimum absolute atomic E-state index is 0.120. The van der Waals surface area contributed by atoms with Crippen LogP contribution in [-0.4, -0.2) is 71.2 Å². The number of amides is 2. The largest absolute Gasteiger partial charge is 0.494 e. The maximum Gasteiger partial charge on any atom is 0.294 e. The molecule has 0 bridgehead atoms. The highest BCUT2D eigenvalue weighted by Crippen LogP contribution is 2.29. The lowest BCUT2D eigenvalue weighted by Gasteiger charge is -2.32. The third-order valence-corrected chi connectivity index (χ3v) is 6.53. The highest BCUT2D eigenvalue weighted by atomic mass is 19.1. The fourth-order valence-electron chi connectivity index (χ4n) is 4.51. The van der Waals surface area contributed by atoms with Crippen LogP contribution in [0.3, 0.4) is 0 Å². The first kappa shape index (κ1) is 24.4. The summed E-state index contributed by atoms with van der Waals surface area (Å²) in [5.41, 5.74) is 2.23. The molecule has 0 radical (unpaired) electrons. The summed E-state index contributed by atoms with van der Waals surface area (Å²) < 4.78 is 20.3. The van der Waals surface area contributed by atoms with Crippen molar-refractivity contribution in [3.05, 3.63) is 59.2 Å². The van der Waals surface area contributed by atoms with Crippen molar-refractivity contribution in [2.75, 3.05) is 34.3 Å². The number of Topliss-reactive ketones (excluding diaryl/α,β-unsaturated/α-hetero) is 1. The fraction of sp³-hybridized carbons (Fsp3) is 0.385. The Morgan fingerprint density at radius 1 is 1.14 bits per heavy atom. The fourth-order valence-corrected chi connectivity index (χ4v) is 4.51. The normalized spacial score (nSPS) is 14.3. The predicted molar refractivity (Wildman–Crippen MR) is 129 cm³/mol. The summed E-state index contributed by atoms with van der Waals surface area (Å²) in [4.78, 5) is 46.0. The lowest BCUT2D eigenvalue weighted by atomic mass is 9.90. The van der Waals surface area contributed by atoms with Crippen LogP contribution in [-0.2, 0) is 18.3 Å². The monoisotopic (exact) mass is 480 g/mol. The molecule has 9 heteroatoms. The third kappa shape index (κ3) is 4.89. The van der Waals surface area contributed by atoms with Gasteiger partial charge in [-0.2, -0.15) is 0 Å². The summed E-state index contributed by atoms with van der Waals surface area (Å²) >= 11 is 0. The number of ether oxygens (including phenoxy) is 1. The van der Waals surface area contributed by atoms with E-state index in [1.54, 1.807) is 40.9 Å². The molecule has 2 amide bonds. The van der Waals surface area contributed by atoms with Crippen LogP contribution in [0.25, 0.3) is 11.0 Å². The summed E-state index contributed by atoms with van der Waals surface area (Å²) in [6, 6.07) is 8.22. The average molecular weight is 481 g/mol. The number of fused-ring (bicyclic) bond motifs is 1. The quantitative estimate of drug-likeness (QED) is 0.400. The van der Waals surface area contributed by atoms with Crippen LogP contribution in [0, 0.1) is 11.7 Å². The van der Waals surface area contributed by atoms with Crippen molar-refractivity contribution >= 4 is 28.6 Å². The van der Waals surface area contributed by atoms with Gasteiger partial charge in [-0.1, -0.05) is 12.1 Å². The predicted octanol–water partition coefficient (Wildman–Crippen LogP) is 3.09. The first-order valence-corrected chi connectivity index (χ1v) is 11.5. The van der Waals surface area contributed by atoms with E-state index >= 15 is 0 Å². The van der Waals surface area contributed by atoms with Gasteiger partial charge in [0.1, 0.15) is 11.3 Å². The van der Waals surface area contributed by atoms with Crippen LogP contribution in [0.15, 0.2) is 36.5 Å². The zero-order valence-electron chi connectivity index (χ0n) is 20.4. The molecule has 8 nitrogen and oxygen atoms in total. The number of aromatic nitrogens is 2. The number of hydrogen-bond acceptors (Lipinski definition) is 5. The number of benzene rings is 1. The molecule has 35 heavy (non-hydrogen) atoms. The summed E-state index contributed by atoms with van der Waals surface area (Å²) in [6.07, 6.45) is 4.03. The van der Waals surface area contributed by atoms with Crippen LogP contribution in [0.2, 0.25) is 0 Å². The van der Waals surface area contributed by atoms with Gasteiger partial charge in [-0.3, -0.25) is 14.4 Å². The Morgan fingerprint density at radius 3 is 2.40 bits per heavy atom. The van der Waals surface area contributed by atoms with Gasteiger partial charge in [0.05, 0.1) is 18.2 Å². The summed E-state index contributed by atoms with van der Waals surface area (Å²) in [6.45, 7) is 1.13. The number of hydrogen-bond donors (Lipinski definition) is 0. The Balaban J connectivity index is 1.56. The second-order valence-corrected chi connectivity index (χ2v) is 9.16. The van der Waals surface area contributed by atoms with E-state index in [1.807, 2.05) is 0 Å². The summed E-state index contributed by atoms with van der Waals surface area (Å²) in [7, 11) is 6.24. The van der Waals surface area contributed by atoms with E-state index in [2.05, 4.69) is 4.98 Å². The topological polar surface area (TPSA) is 84.7 Å². The van der Waals surface area contributed by atoms with Crippen LogP contribution in [0.1, 0.15) is 39.3 Å². The molecule has 184 valence electrons. The molecular formula is C26H29FN4O4. The molecule has 1 aliphatic heterocycles. The molecule has 1 fully saturated rings. The van der Waals surface area contributed by atoms with Gasteiger partial charge >= 0.3 is 0 Å². The number of carbonyl (C=O) groups is 3. The lowest BCUT2D eigenvalue weighted by molar-refractivity contribution is -0.124. The molecule has 1 aromatic carbocycles. The molecule has 0 N–H and O–H groups in total. The lowest BCUT2D eigenvalue weighted by Crippen LogP contribution is -2.39. The van der Waals surface area contributed by atoms with E-state index in [0.29, 0.717) is 35.8 Å². The zero-order chi connectivity index (χ0) is 25.3. The number of rotatable bonds is 6. The van der Waals surface area contributed by atoms with E-state index in [0.717, 1.165) is 24.8 Å². The molecule has 0 unspecified atom stereocenters. The number of nitrogens with zero attached hydrogens (tertiary/aromatic N) is 4. The number of likely N-dealkylation sites (N-methyl/N-ethyl adjacent to an activating group) is 1. The van der Waals surface area contributed by atoms with Crippen molar-refractivity contribution in [3.8, 4) is 5.75 Å². The maximum atomic E-state index is 13.4. The van der Waals surface area contributed by atoms with E-state index in [4.69, 9.17) is 4.74 Å². The van der Waals surface area contributed by atoms with Crippen LogP contribution >= 0.6 is 0 Å². The summed E-state index contributed by atoms with van der Waals surface area (Å²) in [5, 5.41) is 0. The molecule has 4 rings (SSSR count). The first-order valence-electron chi connectivity index (χ1n) is 11.5. The second kappa shape index (κ2) is 9.85. The van der Waals surface area contributed by atoms with E-state index in [9.17, 15) is 18.8 Å². The van der Waals surface area contributed by atoms with Gasteiger partial charge < -0.3 is 19.1 Å². The van der Waals surface area contributed by atoms with E-state index in [1.165, 1.54) is 38.2 Å².